The molecule has 12 heteroatoms. The van der Waals surface area contributed by atoms with E-state index >= 15 is 0 Å². The lowest BCUT2D eigenvalue weighted by Crippen LogP contribution is -2.46. The molecule has 0 amide bonds. The van der Waals surface area contributed by atoms with Crippen LogP contribution in [0.1, 0.15) is 13.0 Å². The lowest BCUT2D eigenvalue weighted by atomic mass is 10.1. The van der Waals surface area contributed by atoms with Gasteiger partial charge in [0.1, 0.15) is 23.4 Å². The molecule has 0 saturated carbocycles. The Kier molecular flexibility index (Phi) is 5.58. The number of halogens is 3. The summed E-state index contributed by atoms with van der Waals surface area (Å²) in [5, 5.41) is 14.6. The van der Waals surface area contributed by atoms with Crippen molar-refractivity contribution in [3.63, 3.8) is 0 Å². The highest BCUT2D eigenvalue weighted by Gasteiger charge is 2.25. The Morgan fingerprint density at radius 3 is 2.91 bits per heavy atom. The second-order valence-corrected chi connectivity index (χ2v) is 7.63. The lowest BCUT2D eigenvalue weighted by Gasteiger charge is -2.28. The van der Waals surface area contributed by atoms with Gasteiger partial charge in [0, 0.05) is 24.4 Å². The smallest absolute Gasteiger partial charge is 0.333 e. The van der Waals surface area contributed by atoms with Crippen LogP contribution in [-0.2, 0) is 0 Å². The maximum absolute atomic E-state index is 14.2. The van der Waals surface area contributed by atoms with Gasteiger partial charge in [-0.1, -0.05) is 6.07 Å². The van der Waals surface area contributed by atoms with Crippen LogP contribution in [0.3, 0.4) is 0 Å². The van der Waals surface area contributed by atoms with Crippen LogP contribution in [-0.4, -0.2) is 61.8 Å². The summed E-state index contributed by atoms with van der Waals surface area (Å²) < 4.78 is 47.7. The van der Waals surface area contributed by atoms with Gasteiger partial charge in [-0.25, -0.2) is 23.6 Å². The molecule has 9 nitrogen and oxygen atoms in total. The summed E-state index contributed by atoms with van der Waals surface area (Å²) >= 11 is 0. The molecule has 0 bridgehead atoms. The van der Waals surface area contributed by atoms with Gasteiger partial charge >= 0.3 is 6.55 Å². The highest BCUT2D eigenvalue weighted by atomic mass is 19.3. The number of pyridine rings is 1. The standard InChI is InChI=1S/C21H21F3N8O/c1-33-17-7-19-26-10-16(32(19)30-20(17)12-8-27-31(11-12)21(23)24)14-3-2-4-18(28-14)29-15-9-25-6-5-13(15)22/h2-4,7-8,10-11,13,15,21,25H,5-6,9H2,1H3,(H,28,29)/t13-,15-/m0/s1. The van der Waals surface area contributed by atoms with Gasteiger partial charge in [-0.3, -0.25) is 0 Å². The van der Waals surface area contributed by atoms with Crippen LogP contribution in [0.5, 0.6) is 5.75 Å². The van der Waals surface area contributed by atoms with Crippen molar-refractivity contribution in [1.82, 2.24) is 34.7 Å². The lowest BCUT2D eigenvalue weighted by molar-refractivity contribution is 0.0566. The predicted octanol–water partition coefficient (Wildman–Crippen LogP) is 3.17. The molecule has 1 aliphatic heterocycles. The Morgan fingerprint density at radius 1 is 1.27 bits per heavy atom. The van der Waals surface area contributed by atoms with E-state index in [1.165, 1.54) is 19.5 Å². The monoisotopic (exact) mass is 458 g/mol. The van der Waals surface area contributed by atoms with Gasteiger partial charge < -0.3 is 15.4 Å². The largest absolute Gasteiger partial charge is 0.494 e. The number of nitrogens with one attached hydrogen (secondary N) is 2. The fraction of sp³-hybridized carbons (Fsp3) is 0.333. The molecule has 1 saturated heterocycles. The number of rotatable bonds is 6. The minimum atomic E-state index is -2.76. The Labute approximate surface area is 186 Å². The number of nitrogens with zero attached hydrogens (tertiary/aromatic N) is 6. The number of piperidine rings is 1. The molecule has 172 valence electrons. The number of alkyl halides is 3. The number of aromatic nitrogens is 6. The van der Waals surface area contributed by atoms with Crippen molar-refractivity contribution in [3.8, 4) is 28.4 Å². The number of methoxy groups -OCH3 is 1. The van der Waals surface area contributed by atoms with Crippen LogP contribution < -0.4 is 15.4 Å². The molecule has 0 unspecified atom stereocenters. The molecule has 2 atom stereocenters. The molecule has 1 fully saturated rings. The number of ether oxygens (including phenoxy) is 1. The van der Waals surface area contributed by atoms with E-state index in [0.717, 1.165) is 0 Å². The van der Waals surface area contributed by atoms with Crippen molar-refractivity contribution < 1.29 is 17.9 Å². The second-order valence-electron chi connectivity index (χ2n) is 7.63. The molecule has 2 N–H and O–H groups in total. The molecule has 5 rings (SSSR count). The van der Waals surface area contributed by atoms with E-state index in [2.05, 4.69) is 30.8 Å². The van der Waals surface area contributed by atoms with E-state index in [1.54, 1.807) is 28.9 Å². The van der Waals surface area contributed by atoms with E-state index in [-0.39, 0.29) is 6.04 Å². The number of hydrogen-bond donors (Lipinski definition) is 2. The quantitative estimate of drug-likeness (QED) is 0.458. The first-order chi connectivity index (χ1) is 16.0. The maximum Gasteiger partial charge on any atom is 0.333 e. The van der Waals surface area contributed by atoms with E-state index in [1.807, 2.05) is 6.07 Å². The number of fused-ring (bicyclic) bond motifs is 1. The fourth-order valence-electron chi connectivity index (χ4n) is 3.81. The molecule has 33 heavy (non-hydrogen) atoms. The molecular formula is C21H21F3N8O. The van der Waals surface area contributed by atoms with E-state index in [0.29, 0.717) is 64.1 Å². The summed E-state index contributed by atoms with van der Waals surface area (Å²) in [6, 6.07) is 6.67. The van der Waals surface area contributed by atoms with Gasteiger partial charge in [-0.15, -0.1) is 0 Å². The van der Waals surface area contributed by atoms with E-state index < -0.39 is 12.7 Å². The van der Waals surface area contributed by atoms with Crippen molar-refractivity contribution in [2.75, 3.05) is 25.5 Å². The Morgan fingerprint density at radius 2 is 2.15 bits per heavy atom. The first kappa shape index (κ1) is 21.2. The zero-order valence-corrected chi connectivity index (χ0v) is 17.6. The summed E-state index contributed by atoms with van der Waals surface area (Å²) in [5.74, 6) is 0.904. The van der Waals surface area contributed by atoms with Crippen molar-refractivity contribution in [2.24, 2.45) is 0 Å². The van der Waals surface area contributed by atoms with Gasteiger partial charge in [0.05, 0.1) is 31.2 Å². The Balaban J connectivity index is 1.52. The predicted molar refractivity (Wildman–Crippen MR) is 115 cm³/mol. The SMILES string of the molecule is COc1cc2ncc(-c3cccc(N[C@H]4CNCC[C@@H]4F)n3)n2nc1-c1cnn(C(F)F)c1. The highest BCUT2D eigenvalue weighted by molar-refractivity contribution is 5.69. The van der Waals surface area contributed by atoms with Gasteiger partial charge in [0.15, 0.2) is 11.4 Å². The molecule has 0 radical (unpaired) electrons. The van der Waals surface area contributed by atoms with Crippen molar-refractivity contribution in [1.29, 1.82) is 0 Å². The average Bonchev–Trinajstić information content (AvgIpc) is 3.47. The van der Waals surface area contributed by atoms with Crippen LogP contribution >= 0.6 is 0 Å². The molecule has 5 heterocycles. The topological polar surface area (TPSA) is 94.2 Å². The average molecular weight is 458 g/mol. The summed E-state index contributed by atoms with van der Waals surface area (Å²) in [7, 11) is 1.47. The Bertz CT molecular complexity index is 1270. The zero-order chi connectivity index (χ0) is 22.9. The normalized spacial score (nSPS) is 18.7. The van der Waals surface area contributed by atoms with Gasteiger partial charge in [0.25, 0.3) is 0 Å². The van der Waals surface area contributed by atoms with Gasteiger partial charge in [0.2, 0.25) is 0 Å². The van der Waals surface area contributed by atoms with E-state index in [4.69, 9.17) is 4.74 Å². The van der Waals surface area contributed by atoms with Gasteiger partial charge in [-0.2, -0.15) is 19.0 Å². The third-order valence-corrected chi connectivity index (χ3v) is 5.50. The molecule has 0 aromatic carbocycles. The minimum absolute atomic E-state index is 0.332. The number of imidazole rings is 1. The molecular weight excluding hydrogens is 437 g/mol. The maximum atomic E-state index is 14.2. The fourth-order valence-corrected chi connectivity index (χ4v) is 3.81. The first-order valence-corrected chi connectivity index (χ1v) is 10.4. The van der Waals surface area contributed by atoms with Crippen molar-refractivity contribution in [3.05, 3.63) is 42.9 Å². The summed E-state index contributed by atoms with van der Waals surface area (Å²) in [4.78, 5) is 8.99. The second kappa shape index (κ2) is 8.70. The molecule has 1 aliphatic rings. The number of hydrogen-bond acceptors (Lipinski definition) is 7. The summed E-state index contributed by atoms with van der Waals surface area (Å²) in [6.07, 6.45) is 3.60. The molecule has 0 spiro atoms. The molecule has 0 aliphatic carbocycles. The third kappa shape index (κ3) is 4.09. The van der Waals surface area contributed by atoms with Crippen LogP contribution in [0.2, 0.25) is 0 Å². The van der Waals surface area contributed by atoms with Crippen molar-refractivity contribution >= 4 is 11.5 Å². The highest BCUT2D eigenvalue weighted by Crippen LogP contribution is 2.31. The van der Waals surface area contributed by atoms with Crippen LogP contribution in [0, 0.1) is 0 Å². The molecule has 4 aromatic heterocycles. The number of anilines is 1. The van der Waals surface area contributed by atoms with Gasteiger partial charge in [-0.05, 0) is 25.1 Å². The van der Waals surface area contributed by atoms with Crippen LogP contribution in [0.15, 0.2) is 42.9 Å². The summed E-state index contributed by atoms with van der Waals surface area (Å²) in [6.45, 7) is -1.60. The zero-order valence-electron chi connectivity index (χ0n) is 17.6. The summed E-state index contributed by atoms with van der Waals surface area (Å²) in [5.41, 5.74) is 2.35. The van der Waals surface area contributed by atoms with Crippen LogP contribution in [0.25, 0.3) is 28.3 Å². The van der Waals surface area contributed by atoms with Crippen molar-refractivity contribution in [2.45, 2.75) is 25.2 Å². The first-order valence-electron chi connectivity index (χ1n) is 10.4. The Hall–Kier alpha value is -3.67. The molecule has 4 aromatic rings. The minimum Gasteiger partial charge on any atom is -0.494 e. The third-order valence-electron chi connectivity index (χ3n) is 5.50. The van der Waals surface area contributed by atoms with E-state index in [9.17, 15) is 13.2 Å². The van der Waals surface area contributed by atoms with Crippen LogP contribution in [0.4, 0.5) is 19.0 Å².